The van der Waals surface area contributed by atoms with Gasteiger partial charge in [0.15, 0.2) is 4.90 Å². The highest BCUT2D eigenvalue weighted by molar-refractivity contribution is 7.89. The van der Waals surface area contributed by atoms with Crippen LogP contribution in [0.15, 0.2) is 17.0 Å². The Hall–Kier alpha value is -0.870. The van der Waals surface area contributed by atoms with Crippen molar-refractivity contribution in [3.05, 3.63) is 29.6 Å². The molecule has 24 heavy (non-hydrogen) atoms. The molecule has 0 atom stereocenters. The highest BCUT2D eigenvalue weighted by Gasteiger charge is 2.34. The number of nitrogens with two attached hydrogens (primary N) is 1. The summed E-state index contributed by atoms with van der Waals surface area (Å²) in [5, 5.41) is 0. The van der Waals surface area contributed by atoms with Gasteiger partial charge in [-0.3, -0.25) is 0 Å². The van der Waals surface area contributed by atoms with Gasteiger partial charge in [0.1, 0.15) is 17.5 Å². The monoisotopic (exact) mass is 388 g/mol. The third-order valence-corrected chi connectivity index (χ3v) is 5.61. The van der Waals surface area contributed by atoms with Crippen LogP contribution in [-0.2, 0) is 14.8 Å². The molecular formula is C14H20ClF3N2O3S. The van der Waals surface area contributed by atoms with Gasteiger partial charge in [-0.15, -0.1) is 12.4 Å². The third-order valence-electron chi connectivity index (χ3n) is 3.66. The number of piperidine rings is 1. The molecule has 5 nitrogen and oxygen atoms in total. The summed E-state index contributed by atoms with van der Waals surface area (Å²) in [5.41, 5.74) is 5.36. The summed E-state index contributed by atoms with van der Waals surface area (Å²) >= 11 is 0. The minimum atomic E-state index is -4.35. The zero-order valence-corrected chi connectivity index (χ0v) is 14.5. The van der Waals surface area contributed by atoms with Crippen LogP contribution in [0.25, 0.3) is 0 Å². The number of halogens is 4. The zero-order valence-electron chi connectivity index (χ0n) is 12.9. The first-order valence-corrected chi connectivity index (χ1v) is 8.76. The molecule has 0 unspecified atom stereocenters. The van der Waals surface area contributed by atoms with E-state index < -0.39 is 32.4 Å². The van der Waals surface area contributed by atoms with Crippen LogP contribution in [-0.4, -0.2) is 45.1 Å². The quantitative estimate of drug-likeness (QED) is 0.757. The molecule has 1 aromatic carbocycles. The van der Waals surface area contributed by atoms with Crippen LogP contribution in [0.5, 0.6) is 0 Å². The van der Waals surface area contributed by atoms with Gasteiger partial charge in [-0.05, 0) is 25.8 Å². The molecule has 1 aliphatic rings. The van der Waals surface area contributed by atoms with E-state index in [0.29, 0.717) is 44.5 Å². The molecule has 0 aliphatic carbocycles. The summed E-state index contributed by atoms with van der Waals surface area (Å²) in [4.78, 5) is -1.11. The van der Waals surface area contributed by atoms with Gasteiger partial charge in [0.2, 0.25) is 10.0 Å². The van der Waals surface area contributed by atoms with Gasteiger partial charge in [-0.1, -0.05) is 0 Å². The van der Waals surface area contributed by atoms with Gasteiger partial charge >= 0.3 is 0 Å². The lowest BCUT2D eigenvalue weighted by Crippen LogP contribution is -2.41. The number of ether oxygens (including phenoxy) is 1. The number of benzene rings is 1. The molecule has 0 saturated carbocycles. The third kappa shape index (κ3) is 4.82. The molecule has 0 radical (unpaired) electrons. The minimum absolute atomic E-state index is 0. The Bertz CT molecular complexity index is 630. The standard InChI is InChI=1S/C14H19F3N2O3S.ClH/c15-10-8-12(16)14(13(17)9-10)23(20,21)19-5-2-11(3-6-19)22-7-1-4-18;/h8-9,11H,1-7,18H2;1H. The maximum atomic E-state index is 13.7. The minimum Gasteiger partial charge on any atom is -0.378 e. The van der Waals surface area contributed by atoms with E-state index in [2.05, 4.69) is 0 Å². The lowest BCUT2D eigenvalue weighted by molar-refractivity contribution is 0.0208. The number of hydrogen-bond donors (Lipinski definition) is 1. The molecular weight excluding hydrogens is 369 g/mol. The smallest absolute Gasteiger partial charge is 0.248 e. The fourth-order valence-electron chi connectivity index (χ4n) is 2.48. The fourth-order valence-corrected chi connectivity index (χ4v) is 4.04. The van der Waals surface area contributed by atoms with E-state index in [-0.39, 0.29) is 31.6 Å². The maximum absolute atomic E-state index is 13.7. The maximum Gasteiger partial charge on any atom is 0.248 e. The van der Waals surface area contributed by atoms with Crippen molar-refractivity contribution in [2.24, 2.45) is 5.73 Å². The largest absolute Gasteiger partial charge is 0.378 e. The lowest BCUT2D eigenvalue weighted by atomic mass is 10.1. The normalized spacial score (nSPS) is 16.8. The van der Waals surface area contributed by atoms with Crippen molar-refractivity contribution in [1.82, 2.24) is 4.31 Å². The number of rotatable bonds is 6. The molecule has 138 valence electrons. The van der Waals surface area contributed by atoms with Crippen molar-refractivity contribution in [2.45, 2.75) is 30.3 Å². The summed E-state index contributed by atoms with van der Waals surface area (Å²) in [6.45, 7) is 1.18. The van der Waals surface area contributed by atoms with E-state index >= 15 is 0 Å². The van der Waals surface area contributed by atoms with E-state index in [0.717, 1.165) is 4.31 Å². The highest BCUT2D eigenvalue weighted by atomic mass is 35.5. The van der Waals surface area contributed by atoms with Gasteiger partial charge in [0, 0.05) is 31.8 Å². The summed E-state index contributed by atoms with van der Waals surface area (Å²) in [5.74, 6) is -4.02. The first kappa shape index (κ1) is 21.2. The van der Waals surface area contributed by atoms with Crippen molar-refractivity contribution in [3.63, 3.8) is 0 Å². The van der Waals surface area contributed by atoms with E-state index in [1.807, 2.05) is 0 Å². The summed E-state index contributed by atoms with van der Waals surface area (Å²) in [6.07, 6.45) is 1.46. The van der Waals surface area contributed by atoms with Crippen molar-refractivity contribution in [1.29, 1.82) is 0 Å². The molecule has 2 rings (SSSR count). The van der Waals surface area contributed by atoms with Crippen molar-refractivity contribution in [3.8, 4) is 0 Å². The van der Waals surface area contributed by atoms with Crippen LogP contribution >= 0.6 is 12.4 Å². The van der Waals surface area contributed by atoms with Crippen molar-refractivity contribution < 1.29 is 26.3 Å². The summed E-state index contributed by atoms with van der Waals surface area (Å²) in [7, 11) is -4.35. The Labute approximate surface area is 145 Å². The van der Waals surface area contributed by atoms with Gasteiger partial charge in [0.05, 0.1) is 6.10 Å². The van der Waals surface area contributed by atoms with Gasteiger partial charge in [-0.25, -0.2) is 21.6 Å². The number of nitrogens with zero attached hydrogens (tertiary/aromatic N) is 1. The van der Waals surface area contributed by atoms with Gasteiger partial charge in [0.25, 0.3) is 0 Å². The number of sulfonamides is 1. The Balaban J connectivity index is 0.00000288. The Morgan fingerprint density at radius 1 is 1.17 bits per heavy atom. The molecule has 10 heteroatoms. The first-order chi connectivity index (χ1) is 10.9. The molecule has 1 aliphatic heterocycles. The predicted octanol–water partition coefficient (Wildman–Crippen LogP) is 2.04. The van der Waals surface area contributed by atoms with Crippen LogP contribution < -0.4 is 5.73 Å². The topological polar surface area (TPSA) is 72.6 Å². The zero-order chi connectivity index (χ0) is 17.0. The van der Waals surface area contributed by atoms with Crippen LogP contribution in [0, 0.1) is 17.5 Å². The Kier molecular flexibility index (Phi) is 7.94. The fraction of sp³-hybridized carbons (Fsp3) is 0.571. The predicted molar refractivity (Wildman–Crippen MR) is 85.0 cm³/mol. The Morgan fingerprint density at radius 2 is 1.71 bits per heavy atom. The summed E-state index contributed by atoms with van der Waals surface area (Å²) < 4.78 is 71.7. The highest BCUT2D eigenvalue weighted by Crippen LogP contribution is 2.26. The molecule has 0 bridgehead atoms. The van der Waals surface area contributed by atoms with Crippen LogP contribution in [0.1, 0.15) is 19.3 Å². The number of hydrogen-bond acceptors (Lipinski definition) is 4. The van der Waals surface area contributed by atoms with E-state index in [4.69, 9.17) is 10.5 Å². The first-order valence-electron chi connectivity index (χ1n) is 7.32. The molecule has 1 saturated heterocycles. The molecule has 0 amide bonds. The molecule has 2 N–H and O–H groups in total. The molecule has 0 spiro atoms. The van der Waals surface area contributed by atoms with Crippen LogP contribution in [0.4, 0.5) is 13.2 Å². The van der Waals surface area contributed by atoms with Crippen LogP contribution in [0.3, 0.4) is 0 Å². The second-order valence-corrected chi connectivity index (χ2v) is 7.19. The second-order valence-electron chi connectivity index (χ2n) is 5.32. The van der Waals surface area contributed by atoms with Gasteiger partial charge < -0.3 is 10.5 Å². The Morgan fingerprint density at radius 3 is 2.21 bits per heavy atom. The second kappa shape index (κ2) is 9.00. The van der Waals surface area contributed by atoms with E-state index in [9.17, 15) is 21.6 Å². The molecule has 1 aromatic rings. The average molecular weight is 389 g/mol. The molecule has 1 fully saturated rings. The lowest BCUT2D eigenvalue weighted by Gasteiger charge is -2.31. The SMILES string of the molecule is Cl.NCCCOC1CCN(S(=O)(=O)c2c(F)cc(F)cc2F)CC1. The van der Waals surface area contributed by atoms with Crippen LogP contribution in [0.2, 0.25) is 0 Å². The average Bonchev–Trinajstić information content (AvgIpc) is 2.46. The van der Waals surface area contributed by atoms with Crippen molar-refractivity contribution in [2.75, 3.05) is 26.2 Å². The van der Waals surface area contributed by atoms with Gasteiger partial charge in [-0.2, -0.15) is 4.31 Å². The van der Waals surface area contributed by atoms with E-state index in [1.54, 1.807) is 0 Å². The summed E-state index contributed by atoms with van der Waals surface area (Å²) in [6, 6.07) is 0.720. The molecule has 0 aromatic heterocycles. The molecule has 1 heterocycles. The van der Waals surface area contributed by atoms with E-state index in [1.165, 1.54) is 0 Å². The van der Waals surface area contributed by atoms with Crippen molar-refractivity contribution >= 4 is 22.4 Å².